The molecule has 32 heavy (non-hydrogen) atoms. The highest BCUT2D eigenvalue weighted by Crippen LogP contribution is 2.22. The molecule has 3 aromatic rings. The number of phenols is 1. The number of nitrogens with zero attached hydrogens (tertiary/aromatic N) is 2. The number of hydrogen-bond acceptors (Lipinski definition) is 5. The number of carbonyl (C=O) groups excluding carboxylic acids is 1. The van der Waals surface area contributed by atoms with E-state index >= 15 is 0 Å². The zero-order valence-corrected chi connectivity index (χ0v) is 18.8. The number of amides is 1. The van der Waals surface area contributed by atoms with Gasteiger partial charge in [0.1, 0.15) is 5.75 Å². The van der Waals surface area contributed by atoms with Gasteiger partial charge in [-0.2, -0.15) is 9.41 Å². The molecule has 0 heterocycles. The Morgan fingerprint density at radius 1 is 1.09 bits per heavy atom. The van der Waals surface area contributed by atoms with Gasteiger partial charge in [0.25, 0.3) is 5.91 Å². The lowest BCUT2D eigenvalue weighted by molar-refractivity contribution is -0.121. The van der Waals surface area contributed by atoms with Gasteiger partial charge in [0.2, 0.25) is 10.0 Å². The number of aromatic hydroxyl groups is 1. The number of rotatable bonds is 8. The molecule has 0 saturated heterocycles. The predicted octanol–water partition coefficient (Wildman–Crippen LogP) is 3.70. The van der Waals surface area contributed by atoms with Crippen LogP contribution in [0.1, 0.15) is 16.7 Å². The summed E-state index contributed by atoms with van der Waals surface area (Å²) in [6.07, 6.45) is 1.35. The summed E-state index contributed by atoms with van der Waals surface area (Å²) in [7, 11) is -3.98. The van der Waals surface area contributed by atoms with E-state index in [1.807, 2.05) is 6.92 Å². The van der Waals surface area contributed by atoms with Crippen LogP contribution >= 0.6 is 11.6 Å². The number of halogens is 1. The Labute approximate surface area is 192 Å². The maximum atomic E-state index is 13.3. The molecule has 3 rings (SSSR count). The molecule has 0 atom stereocenters. The number of hydrogen-bond donors (Lipinski definition) is 2. The molecule has 0 aliphatic rings. The summed E-state index contributed by atoms with van der Waals surface area (Å²) < 4.78 is 27.6. The molecule has 0 bridgehead atoms. The fourth-order valence-electron chi connectivity index (χ4n) is 2.88. The van der Waals surface area contributed by atoms with Gasteiger partial charge in [-0.15, -0.1) is 0 Å². The molecular weight excluding hydrogens is 450 g/mol. The van der Waals surface area contributed by atoms with E-state index in [-0.39, 0.29) is 17.2 Å². The van der Waals surface area contributed by atoms with Crippen LogP contribution in [0.4, 0.5) is 0 Å². The van der Waals surface area contributed by atoms with Crippen molar-refractivity contribution in [3.05, 3.63) is 94.5 Å². The van der Waals surface area contributed by atoms with Crippen LogP contribution in [0.25, 0.3) is 0 Å². The monoisotopic (exact) mass is 471 g/mol. The number of benzene rings is 3. The molecule has 9 heteroatoms. The number of hydrazone groups is 1. The Bertz CT molecular complexity index is 1230. The van der Waals surface area contributed by atoms with Crippen molar-refractivity contribution in [1.29, 1.82) is 0 Å². The molecule has 0 radical (unpaired) electrons. The van der Waals surface area contributed by atoms with Crippen molar-refractivity contribution < 1.29 is 18.3 Å². The van der Waals surface area contributed by atoms with Crippen molar-refractivity contribution in [1.82, 2.24) is 9.73 Å². The number of aryl methyl sites for hydroxylation is 1. The fourth-order valence-corrected chi connectivity index (χ4v) is 4.45. The first-order chi connectivity index (χ1) is 15.3. The lowest BCUT2D eigenvalue weighted by atomic mass is 10.2. The van der Waals surface area contributed by atoms with E-state index in [4.69, 9.17) is 11.6 Å². The van der Waals surface area contributed by atoms with Gasteiger partial charge < -0.3 is 5.11 Å². The van der Waals surface area contributed by atoms with Crippen molar-refractivity contribution >= 4 is 33.7 Å². The van der Waals surface area contributed by atoms with E-state index in [9.17, 15) is 18.3 Å². The van der Waals surface area contributed by atoms with E-state index in [2.05, 4.69) is 10.5 Å². The zero-order chi connectivity index (χ0) is 23.1. The van der Waals surface area contributed by atoms with E-state index in [1.54, 1.807) is 48.5 Å². The maximum absolute atomic E-state index is 13.3. The standard InChI is InChI=1S/C23H22ClN3O4S/c1-17-9-11-21(12-10-17)32(30,31)27(15-19-6-2-3-8-22(19)24)16-23(29)26-25-14-18-5-4-7-20(28)13-18/h2-14,28H,15-16H2,1H3,(H,26,29)/b25-14-. The molecule has 3 aromatic carbocycles. The second-order valence-corrected chi connectivity index (χ2v) is 9.41. The topological polar surface area (TPSA) is 99.1 Å². The summed E-state index contributed by atoms with van der Waals surface area (Å²) in [4.78, 5) is 12.6. The van der Waals surface area contributed by atoms with Crippen LogP contribution < -0.4 is 5.43 Å². The second-order valence-electron chi connectivity index (χ2n) is 7.07. The Morgan fingerprint density at radius 2 is 1.81 bits per heavy atom. The molecule has 166 valence electrons. The van der Waals surface area contributed by atoms with Crippen molar-refractivity contribution in [2.75, 3.05) is 6.54 Å². The minimum Gasteiger partial charge on any atom is -0.508 e. The maximum Gasteiger partial charge on any atom is 0.255 e. The van der Waals surface area contributed by atoms with Crippen molar-refractivity contribution in [2.45, 2.75) is 18.4 Å². The van der Waals surface area contributed by atoms with Gasteiger partial charge in [0.15, 0.2) is 0 Å². The molecule has 2 N–H and O–H groups in total. The van der Waals surface area contributed by atoms with Crippen molar-refractivity contribution in [3.63, 3.8) is 0 Å². The lowest BCUT2D eigenvalue weighted by Crippen LogP contribution is -2.39. The van der Waals surface area contributed by atoms with Crippen LogP contribution in [-0.2, 0) is 21.4 Å². The highest BCUT2D eigenvalue weighted by atomic mass is 35.5. The first kappa shape index (κ1) is 23.5. The third kappa shape index (κ3) is 6.16. The SMILES string of the molecule is Cc1ccc(S(=O)(=O)N(CC(=O)N/N=C\c2cccc(O)c2)Cc2ccccc2Cl)cc1. The van der Waals surface area contributed by atoms with Gasteiger partial charge in [-0.05, 0) is 48.4 Å². The average molecular weight is 472 g/mol. The van der Waals surface area contributed by atoms with Gasteiger partial charge in [0, 0.05) is 11.6 Å². The Kier molecular flexibility index (Phi) is 7.63. The van der Waals surface area contributed by atoms with E-state index in [0.29, 0.717) is 16.1 Å². The smallest absolute Gasteiger partial charge is 0.255 e. The quantitative estimate of drug-likeness (QED) is 0.386. The van der Waals surface area contributed by atoms with Gasteiger partial charge in [-0.3, -0.25) is 4.79 Å². The van der Waals surface area contributed by atoms with Crippen LogP contribution in [-0.4, -0.2) is 36.5 Å². The first-order valence-corrected chi connectivity index (χ1v) is 11.5. The predicted molar refractivity (Wildman–Crippen MR) is 124 cm³/mol. The minimum absolute atomic E-state index is 0.0652. The molecule has 1 amide bonds. The van der Waals surface area contributed by atoms with Crippen LogP contribution in [0, 0.1) is 6.92 Å². The molecule has 0 unspecified atom stereocenters. The summed E-state index contributed by atoms with van der Waals surface area (Å²) in [5.41, 5.74) is 4.39. The van der Waals surface area contributed by atoms with Crippen molar-refractivity contribution in [2.24, 2.45) is 5.10 Å². The normalized spacial score (nSPS) is 11.7. The summed E-state index contributed by atoms with van der Waals surface area (Å²) >= 11 is 6.22. The third-order valence-electron chi connectivity index (χ3n) is 4.56. The van der Waals surface area contributed by atoms with Crippen molar-refractivity contribution in [3.8, 4) is 5.75 Å². The first-order valence-electron chi connectivity index (χ1n) is 9.67. The van der Waals surface area contributed by atoms with Gasteiger partial charge in [-0.25, -0.2) is 13.8 Å². The summed E-state index contributed by atoms with van der Waals surface area (Å²) in [6.45, 7) is 1.31. The largest absolute Gasteiger partial charge is 0.508 e. The Morgan fingerprint density at radius 3 is 2.50 bits per heavy atom. The van der Waals surface area contributed by atoms with E-state index in [1.165, 1.54) is 30.5 Å². The van der Waals surface area contributed by atoms with E-state index < -0.39 is 22.5 Å². The van der Waals surface area contributed by atoms with Crippen LogP contribution in [0.5, 0.6) is 5.75 Å². The molecular formula is C23H22ClN3O4S. The summed E-state index contributed by atoms with van der Waals surface area (Å²) in [6, 6.07) is 19.6. The summed E-state index contributed by atoms with van der Waals surface area (Å²) in [5, 5.41) is 13.7. The third-order valence-corrected chi connectivity index (χ3v) is 6.73. The number of nitrogens with one attached hydrogen (secondary N) is 1. The van der Waals surface area contributed by atoms with Gasteiger partial charge >= 0.3 is 0 Å². The Hall–Kier alpha value is -3.20. The highest BCUT2D eigenvalue weighted by molar-refractivity contribution is 7.89. The fraction of sp³-hybridized carbons (Fsp3) is 0.130. The van der Waals surface area contributed by atoms with E-state index in [0.717, 1.165) is 9.87 Å². The molecule has 0 fully saturated rings. The highest BCUT2D eigenvalue weighted by Gasteiger charge is 2.27. The van der Waals surface area contributed by atoms with Crippen LogP contribution in [0.2, 0.25) is 5.02 Å². The molecule has 0 spiro atoms. The number of phenolic OH excluding ortho intramolecular Hbond substituents is 1. The molecule has 0 aromatic heterocycles. The molecule has 7 nitrogen and oxygen atoms in total. The van der Waals surface area contributed by atoms with Gasteiger partial charge in [0.05, 0.1) is 17.7 Å². The van der Waals surface area contributed by atoms with Crippen LogP contribution in [0.3, 0.4) is 0 Å². The number of sulfonamides is 1. The number of carbonyl (C=O) groups is 1. The van der Waals surface area contributed by atoms with Gasteiger partial charge in [-0.1, -0.05) is 59.6 Å². The minimum atomic E-state index is -3.98. The molecule has 0 saturated carbocycles. The molecule has 0 aliphatic carbocycles. The molecule has 0 aliphatic heterocycles. The van der Waals surface area contributed by atoms with Crippen LogP contribution in [0.15, 0.2) is 82.8 Å². The average Bonchev–Trinajstić information content (AvgIpc) is 2.75. The Balaban J connectivity index is 1.81. The lowest BCUT2D eigenvalue weighted by Gasteiger charge is -2.22. The second kappa shape index (κ2) is 10.4. The summed E-state index contributed by atoms with van der Waals surface area (Å²) in [5.74, 6) is -0.556. The zero-order valence-electron chi connectivity index (χ0n) is 17.3.